The minimum absolute atomic E-state index is 0.114. The number of amides is 2. The van der Waals surface area contributed by atoms with Crippen LogP contribution in [0.2, 0.25) is 0 Å². The standard InChI is InChI=1S/C15H22N2O3/c1-11(2)10-17(3)15(20)16-13-7-4-12(5-8-13)6-9-14(18)19/h4-5,7-8,11H,6,9-10H2,1-3H3,(H,16,20)(H,18,19). The molecule has 5 heteroatoms. The molecule has 0 fully saturated rings. The number of carboxylic acids is 1. The van der Waals surface area contributed by atoms with E-state index in [1.807, 2.05) is 12.1 Å². The van der Waals surface area contributed by atoms with Crippen molar-refractivity contribution in [3.8, 4) is 0 Å². The van der Waals surface area contributed by atoms with E-state index in [4.69, 9.17) is 5.11 Å². The summed E-state index contributed by atoms with van der Waals surface area (Å²) in [7, 11) is 1.76. The van der Waals surface area contributed by atoms with Crippen LogP contribution < -0.4 is 5.32 Å². The Hall–Kier alpha value is -2.04. The van der Waals surface area contributed by atoms with Gasteiger partial charge in [-0.1, -0.05) is 26.0 Å². The molecular formula is C15H22N2O3. The third-order valence-corrected chi connectivity index (χ3v) is 2.82. The molecule has 2 amide bonds. The van der Waals surface area contributed by atoms with Gasteiger partial charge < -0.3 is 15.3 Å². The lowest BCUT2D eigenvalue weighted by Gasteiger charge is -2.20. The van der Waals surface area contributed by atoms with Gasteiger partial charge in [0.15, 0.2) is 0 Å². The van der Waals surface area contributed by atoms with Gasteiger partial charge in [0, 0.05) is 25.7 Å². The summed E-state index contributed by atoms with van der Waals surface area (Å²) in [5, 5.41) is 11.4. The Morgan fingerprint density at radius 3 is 2.35 bits per heavy atom. The number of nitrogens with one attached hydrogen (secondary N) is 1. The minimum atomic E-state index is -0.808. The van der Waals surface area contributed by atoms with Gasteiger partial charge in [0.1, 0.15) is 0 Å². The van der Waals surface area contributed by atoms with Gasteiger partial charge >= 0.3 is 12.0 Å². The summed E-state index contributed by atoms with van der Waals surface area (Å²) in [4.78, 5) is 24.0. The van der Waals surface area contributed by atoms with Crippen LogP contribution >= 0.6 is 0 Å². The molecule has 0 radical (unpaired) electrons. The highest BCUT2D eigenvalue weighted by molar-refractivity contribution is 5.89. The summed E-state index contributed by atoms with van der Waals surface area (Å²) in [6.07, 6.45) is 0.611. The van der Waals surface area contributed by atoms with E-state index in [9.17, 15) is 9.59 Å². The first-order valence-corrected chi connectivity index (χ1v) is 6.71. The van der Waals surface area contributed by atoms with Crippen molar-refractivity contribution in [3.63, 3.8) is 0 Å². The molecule has 5 nitrogen and oxygen atoms in total. The Morgan fingerprint density at radius 2 is 1.85 bits per heavy atom. The molecule has 0 aromatic heterocycles. The normalized spacial score (nSPS) is 10.4. The first kappa shape index (κ1) is 16.0. The quantitative estimate of drug-likeness (QED) is 0.840. The first-order valence-electron chi connectivity index (χ1n) is 6.71. The molecule has 0 aliphatic rings. The predicted molar refractivity (Wildman–Crippen MR) is 78.9 cm³/mol. The molecule has 0 heterocycles. The van der Waals surface area contributed by atoms with Gasteiger partial charge in [-0.3, -0.25) is 4.79 Å². The Labute approximate surface area is 119 Å². The Balaban J connectivity index is 2.52. The number of carbonyl (C=O) groups excluding carboxylic acids is 1. The molecule has 20 heavy (non-hydrogen) atoms. The molecule has 0 saturated carbocycles. The minimum Gasteiger partial charge on any atom is -0.481 e. The van der Waals surface area contributed by atoms with E-state index in [0.29, 0.717) is 24.6 Å². The van der Waals surface area contributed by atoms with Crippen molar-refractivity contribution in [2.24, 2.45) is 5.92 Å². The van der Waals surface area contributed by atoms with Crippen LogP contribution in [0.25, 0.3) is 0 Å². The number of nitrogens with zero attached hydrogens (tertiary/aromatic N) is 1. The second kappa shape index (κ2) is 7.53. The van der Waals surface area contributed by atoms with Crippen LogP contribution in [0, 0.1) is 5.92 Å². The molecule has 1 aromatic carbocycles. The van der Waals surface area contributed by atoms with Gasteiger partial charge in [0.25, 0.3) is 0 Å². The summed E-state index contributed by atoms with van der Waals surface area (Å²) < 4.78 is 0. The van der Waals surface area contributed by atoms with Crippen molar-refractivity contribution in [1.82, 2.24) is 4.90 Å². The molecule has 2 N–H and O–H groups in total. The average molecular weight is 278 g/mol. The van der Waals surface area contributed by atoms with Crippen molar-refractivity contribution in [2.75, 3.05) is 18.9 Å². The second-order valence-electron chi connectivity index (χ2n) is 5.30. The van der Waals surface area contributed by atoms with Crippen LogP contribution in [0.1, 0.15) is 25.8 Å². The topological polar surface area (TPSA) is 69.6 Å². The lowest BCUT2D eigenvalue weighted by Crippen LogP contribution is -2.34. The summed E-state index contributed by atoms with van der Waals surface area (Å²) in [5.74, 6) is -0.387. The number of anilines is 1. The third-order valence-electron chi connectivity index (χ3n) is 2.82. The van der Waals surface area contributed by atoms with E-state index >= 15 is 0 Å². The Bertz CT molecular complexity index is 455. The average Bonchev–Trinajstić information content (AvgIpc) is 2.37. The van der Waals surface area contributed by atoms with Crippen LogP contribution in [0.3, 0.4) is 0 Å². The Kier molecular flexibility index (Phi) is 6.03. The largest absolute Gasteiger partial charge is 0.481 e. The number of hydrogen-bond donors (Lipinski definition) is 2. The highest BCUT2D eigenvalue weighted by Gasteiger charge is 2.10. The van der Waals surface area contributed by atoms with Gasteiger partial charge in [-0.05, 0) is 30.0 Å². The lowest BCUT2D eigenvalue weighted by molar-refractivity contribution is -0.136. The van der Waals surface area contributed by atoms with E-state index in [-0.39, 0.29) is 12.5 Å². The predicted octanol–water partition coefficient (Wildman–Crippen LogP) is 2.82. The zero-order chi connectivity index (χ0) is 15.1. The highest BCUT2D eigenvalue weighted by atomic mass is 16.4. The molecule has 0 spiro atoms. The number of aliphatic carboxylic acids is 1. The maximum Gasteiger partial charge on any atom is 0.321 e. The summed E-state index contributed by atoms with van der Waals surface area (Å²) >= 11 is 0. The molecule has 0 saturated heterocycles. The van der Waals surface area contributed by atoms with Crippen molar-refractivity contribution >= 4 is 17.7 Å². The fourth-order valence-electron chi connectivity index (χ4n) is 1.86. The SMILES string of the molecule is CC(C)CN(C)C(=O)Nc1ccc(CCC(=O)O)cc1. The molecule has 110 valence electrons. The fourth-order valence-corrected chi connectivity index (χ4v) is 1.86. The smallest absolute Gasteiger partial charge is 0.321 e. The summed E-state index contributed by atoms with van der Waals surface area (Å²) in [6.45, 7) is 4.81. The molecular weight excluding hydrogens is 256 g/mol. The van der Waals surface area contributed by atoms with Gasteiger partial charge in [0.2, 0.25) is 0 Å². The van der Waals surface area contributed by atoms with Gasteiger partial charge in [-0.2, -0.15) is 0 Å². The van der Waals surface area contributed by atoms with Crippen LogP contribution in [0.15, 0.2) is 24.3 Å². The number of urea groups is 1. The molecule has 0 atom stereocenters. The maximum atomic E-state index is 11.9. The highest BCUT2D eigenvalue weighted by Crippen LogP contribution is 2.12. The van der Waals surface area contributed by atoms with Crippen LogP contribution in [0.5, 0.6) is 0 Å². The molecule has 1 rings (SSSR count). The number of hydrogen-bond acceptors (Lipinski definition) is 2. The van der Waals surface area contributed by atoms with Crippen LogP contribution in [-0.4, -0.2) is 35.6 Å². The van der Waals surface area contributed by atoms with Crippen molar-refractivity contribution < 1.29 is 14.7 Å². The number of aryl methyl sites for hydroxylation is 1. The molecule has 1 aromatic rings. The van der Waals surface area contributed by atoms with Crippen LogP contribution in [0.4, 0.5) is 10.5 Å². The number of benzene rings is 1. The number of carbonyl (C=O) groups is 2. The maximum absolute atomic E-state index is 11.9. The monoisotopic (exact) mass is 278 g/mol. The summed E-state index contributed by atoms with van der Waals surface area (Å²) in [5.41, 5.74) is 1.66. The van der Waals surface area contributed by atoms with E-state index < -0.39 is 5.97 Å². The van der Waals surface area contributed by atoms with Crippen LogP contribution in [-0.2, 0) is 11.2 Å². The molecule has 0 bridgehead atoms. The van der Waals surface area contributed by atoms with Gasteiger partial charge in [-0.25, -0.2) is 4.79 Å². The fraction of sp³-hybridized carbons (Fsp3) is 0.467. The van der Waals surface area contributed by atoms with E-state index in [0.717, 1.165) is 5.56 Å². The van der Waals surface area contributed by atoms with Gasteiger partial charge in [-0.15, -0.1) is 0 Å². The van der Waals surface area contributed by atoms with Gasteiger partial charge in [0.05, 0.1) is 0 Å². The Morgan fingerprint density at radius 1 is 1.25 bits per heavy atom. The third kappa shape index (κ3) is 5.73. The molecule has 0 aliphatic heterocycles. The van der Waals surface area contributed by atoms with E-state index in [1.165, 1.54) is 0 Å². The van der Waals surface area contributed by atoms with Crippen molar-refractivity contribution in [3.05, 3.63) is 29.8 Å². The second-order valence-corrected chi connectivity index (χ2v) is 5.30. The zero-order valence-electron chi connectivity index (χ0n) is 12.2. The number of rotatable bonds is 6. The van der Waals surface area contributed by atoms with E-state index in [2.05, 4.69) is 19.2 Å². The molecule has 0 aliphatic carbocycles. The van der Waals surface area contributed by atoms with Crippen molar-refractivity contribution in [1.29, 1.82) is 0 Å². The lowest BCUT2D eigenvalue weighted by atomic mass is 10.1. The van der Waals surface area contributed by atoms with Crippen molar-refractivity contribution in [2.45, 2.75) is 26.7 Å². The first-order chi connectivity index (χ1) is 9.38. The number of carboxylic acid groups (broad SMARTS) is 1. The zero-order valence-corrected chi connectivity index (χ0v) is 12.2. The molecule has 0 unspecified atom stereocenters. The summed E-state index contributed by atoms with van der Waals surface area (Å²) in [6, 6.07) is 7.11. The van der Waals surface area contributed by atoms with E-state index in [1.54, 1.807) is 24.1 Å².